The number of aryl methyl sites for hydroxylation is 1. The average Bonchev–Trinajstić information content (AvgIpc) is 3.12. The molecule has 1 N–H and O–H groups in total. The molecule has 0 aliphatic rings. The molecule has 0 amide bonds. The first-order valence-electron chi connectivity index (χ1n) is 8.77. The van der Waals surface area contributed by atoms with Crippen LogP contribution in [0, 0.1) is 0 Å². The van der Waals surface area contributed by atoms with Crippen molar-refractivity contribution in [2.45, 2.75) is 26.4 Å². The fraction of sp³-hybridized carbons (Fsp3) is 0.421. The van der Waals surface area contributed by atoms with Gasteiger partial charge in [-0.25, -0.2) is 0 Å². The first kappa shape index (κ1) is 22.9. The van der Waals surface area contributed by atoms with E-state index >= 15 is 0 Å². The van der Waals surface area contributed by atoms with Crippen LogP contribution in [0.25, 0.3) is 0 Å². The zero-order valence-corrected chi connectivity index (χ0v) is 18.6. The molecular weight excluding hydrogens is 455 g/mol. The van der Waals surface area contributed by atoms with Gasteiger partial charge < -0.3 is 19.5 Å². The highest BCUT2D eigenvalue weighted by Gasteiger charge is 2.07. The molecule has 0 unspecified atom stereocenters. The number of rotatable bonds is 9. The highest BCUT2D eigenvalue weighted by atomic mass is 127. The molecule has 1 aromatic carbocycles. The van der Waals surface area contributed by atoms with Crippen LogP contribution in [-0.2, 0) is 19.5 Å². The van der Waals surface area contributed by atoms with Gasteiger partial charge in [0.15, 0.2) is 5.96 Å². The summed E-state index contributed by atoms with van der Waals surface area (Å²) in [6.45, 7) is 8.66. The summed E-state index contributed by atoms with van der Waals surface area (Å²) in [7, 11) is 3.69. The van der Waals surface area contributed by atoms with Gasteiger partial charge in [-0.1, -0.05) is 25.1 Å². The Morgan fingerprint density at radius 3 is 2.74 bits per heavy atom. The quantitative estimate of drug-likeness (QED) is 0.257. The predicted octanol–water partition coefficient (Wildman–Crippen LogP) is 2.73. The molecule has 0 saturated heterocycles. The molecule has 8 heteroatoms. The van der Waals surface area contributed by atoms with Crippen molar-refractivity contribution >= 4 is 29.9 Å². The van der Waals surface area contributed by atoms with Crippen molar-refractivity contribution in [2.24, 2.45) is 4.99 Å². The number of hydrogen-bond acceptors (Lipinski definition) is 4. The molecule has 0 atom stereocenters. The fourth-order valence-electron chi connectivity index (χ4n) is 2.56. The molecule has 0 bridgehead atoms. The number of benzene rings is 1. The molecule has 27 heavy (non-hydrogen) atoms. The van der Waals surface area contributed by atoms with Gasteiger partial charge in [0.1, 0.15) is 17.9 Å². The van der Waals surface area contributed by atoms with Gasteiger partial charge >= 0.3 is 0 Å². The van der Waals surface area contributed by atoms with E-state index in [1.807, 2.05) is 29.8 Å². The summed E-state index contributed by atoms with van der Waals surface area (Å²) in [6, 6.07) is 8.06. The van der Waals surface area contributed by atoms with Gasteiger partial charge in [0.05, 0.1) is 13.7 Å². The third kappa shape index (κ3) is 7.20. The maximum atomic E-state index is 5.21. The van der Waals surface area contributed by atoms with Crippen molar-refractivity contribution in [1.29, 1.82) is 0 Å². The van der Waals surface area contributed by atoms with Crippen LogP contribution in [-0.4, -0.2) is 52.9 Å². The van der Waals surface area contributed by atoms with Gasteiger partial charge in [0.2, 0.25) is 0 Å². The number of halogens is 1. The first-order valence-corrected chi connectivity index (χ1v) is 8.77. The van der Waals surface area contributed by atoms with Crippen LogP contribution < -0.4 is 10.1 Å². The van der Waals surface area contributed by atoms with Gasteiger partial charge in [-0.05, 0) is 17.7 Å². The summed E-state index contributed by atoms with van der Waals surface area (Å²) in [5.41, 5.74) is 1.19. The van der Waals surface area contributed by atoms with E-state index in [2.05, 4.69) is 46.0 Å². The minimum atomic E-state index is 0. The molecule has 0 spiro atoms. The van der Waals surface area contributed by atoms with Gasteiger partial charge in [-0.15, -0.1) is 40.8 Å². The lowest BCUT2D eigenvalue weighted by Crippen LogP contribution is -2.38. The number of nitrogens with zero attached hydrogens (tertiary/aromatic N) is 5. The normalized spacial score (nSPS) is 10.9. The molecule has 148 valence electrons. The molecule has 7 nitrogen and oxygen atoms in total. The second kappa shape index (κ2) is 12.3. The molecule has 1 aromatic heterocycles. The van der Waals surface area contributed by atoms with Crippen LogP contribution in [0.5, 0.6) is 5.75 Å². The van der Waals surface area contributed by atoms with Gasteiger partial charge in [0.25, 0.3) is 0 Å². The zero-order chi connectivity index (χ0) is 18.8. The molecule has 0 radical (unpaired) electrons. The molecule has 2 rings (SSSR count). The third-order valence-corrected chi connectivity index (χ3v) is 3.96. The summed E-state index contributed by atoms with van der Waals surface area (Å²) in [6.07, 6.45) is 4.45. The zero-order valence-electron chi connectivity index (χ0n) is 16.3. The summed E-state index contributed by atoms with van der Waals surface area (Å²) in [5.74, 6) is 2.68. The van der Waals surface area contributed by atoms with E-state index in [4.69, 9.17) is 9.73 Å². The Hall–Kier alpha value is -2.10. The summed E-state index contributed by atoms with van der Waals surface area (Å²) in [5, 5.41) is 11.4. The topological polar surface area (TPSA) is 67.6 Å². The van der Waals surface area contributed by atoms with E-state index in [-0.39, 0.29) is 24.0 Å². The van der Waals surface area contributed by atoms with Gasteiger partial charge in [0, 0.05) is 33.1 Å². The second-order valence-corrected chi connectivity index (χ2v) is 5.87. The SMILES string of the molecule is C=CCNC(=NCCn1cnnc1CC)N(C)Cc1ccc(OC)cc1.I. The summed E-state index contributed by atoms with van der Waals surface area (Å²) >= 11 is 0. The smallest absolute Gasteiger partial charge is 0.194 e. The number of aromatic nitrogens is 3. The van der Waals surface area contributed by atoms with Crippen LogP contribution >= 0.6 is 24.0 Å². The number of guanidine groups is 1. The van der Waals surface area contributed by atoms with E-state index < -0.39 is 0 Å². The Balaban J connectivity index is 0.00000364. The Kier molecular flexibility index (Phi) is 10.5. The van der Waals surface area contributed by atoms with Crippen LogP contribution in [0.15, 0.2) is 48.2 Å². The monoisotopic (exact) mass is 484 g/mol. The van der Waals surface area contributed by atoms with Crippen LogP contribution in [0.1, 0.15) is 18.3 Å². The average molecular weight is 484 g/mol. The number of methoxy groups -OCH3 is 1. The van der Waals surface area contributed by atoms with Gasteiger partial charge in [-0.3, -0.25) is 4.99 Å². The summed E-state index contributed by atoms with van der Waals surface area (Å²) < 4.78 is 7.25. The van der Waals surface area contributed by atoms with Crippen molar-refractivity contribution in [1.82, 2.24) is 25.0 Å². The van der Waals surface area contributed by atoms with E-state index in [9.17, 15) is 0 Å². The molecule has 2 aromatic rings. The van der Waals surface area contributed by atoms with Crippen molar-refractivity contribution in [3.8, 4) is 5.75 Å². The lowest BCUT2D eigenvalue weighted by atomic mass is 10.2. The molecule has 0 aliphatic heterocycles. The van der Waals surface area contributed by atoms with Crippen molar-refractivity contribution in [3.05, 3.63) is 54.6 Å². The first-order chi connectivity index (χ1) is 12.7. The highest BCUT2D eigenvalue weighted by molar-refractivity contribution is 14.0. The Bertz CT molecular complexity index is 713. The lowest BCUT2D eigenvalue weighted by Gasteiger charge is -2.22. The van der Waals surface area contributed by atoms with Crippen LogP contribution in [0.3, 0.4) is 0 Å². The molecule has 0 saturated carbocycles. The van der Waals surface area contributed by atoms with Crippen LogP contribution in [0.2, 0.25) is 0 Å². The lowest BCUT2D eigenvalue weighted by molar-refractivity contribution is 0.414. The summed E-state index contributed by atoms with van der Waals surface area (Å²) in [4.78, 5) is 6.82. The molecule has 0 fully saturated rings. The molecule has 0 aliphatic carbocycles. The maximum Gasteiger partial charge on any atom is 0.194 e. The standard InChI is InChI=1S/C19H28N6O.HI/c1-5-11-20-19(21-12-13-25-15-22-23-18(25)6-2)24(3)14-16-7-9-17(26-4)10-8-16;/h5,7-10,15H,1,6,11-14H2,2-4H3,(H,20,21);1H. The van der Waals surface area contributed by atoms with Crippen molar-refractivity contribution in [3.63, 3.8) is 0 Å². The van der Waals surface area contributed by atoms with E-state index in [1.54, 1.807) is 13.4 Å². The van der Waals surface area contributed by atoms with E-state index in [0.29, 0.717) is 13.1 Å². The second-order valence-electron chi connectivity index (χ2n) is 5.87. The minimum absolute atomic E-state index is 0. The predicted molar refractivity (Wildman–Crippen MR) is 120 cm³/mol. The van der Waals surface area contributed by atoms with Gasteiger partial charge in [-0.2, -0.15) is 0 Å². The van der Waals surface area contributed by atoms with E-state index in [1.165, 1.54) is 5.56 Å². The number of aliphatic imine (C=N–C) groups is 1. The van der Waals surface area contributed by atoms with Crippen molar-refractivity contribution < 1.29 is 4.74 Å². The molecular formula is C19H29IN6O. The number of ether oxygens (including phenoxy) is 1. The Morgan fingerprint density at radius 1 is 1.37 bits per heavy atom. The minimum Gasteiger partial charge on any atom is -0.497 e. The third-order valence-electron chi connectivity index (χ3n) is 3.96. The highest BCUT2D eigenvalue weighted by Crippen LogP contribution is 2.12. The number of nitrogens with one attached hydrogen (secondary N) is 1. The maximum absolute atomic E-state index is 5.21. The Labute approximate surface area is 178 Å². The van der Waals surface area contributed by atoms with Crippen molar-refractivity contribution in [2.75, 3.05) is 27.2 Å². The van der Waals surface area contributed by atoms with E-state index in [0.717, 1.165) is 37.0 Å². The van der Waals surface area contributed by atoms with Crippen LogP contribution in [0.4, 0.5) is 0 Å². The fourth-order valence-corrected chi connectivity index (χ4v) is 2.56. The largest absolute Gasteiger partial charge is 0.497 e. The Morgan fingerprint density at radius 2 is 2.11 bits per heavy atom. The number of hydrogen-bond donors (Lipinski definition) is 1. The molecule has 1 heterocycles.